The van der Waals surface area contributed by atoms with Crippen LogP contribution in [0.2, 0.25) is 0 Å². The Labute approximate surface area is 58.1 Å². The molecule has 0 aliphatic rings. The monoisotopic (exact) mass is 137 g/mol. The van der Waals surface area contributed by atoms with Crippen molar-refractivity contribution in [3.63, 3.8) is 0 Å². The first kappa shape index (κ1) is 6.55. The van der Waals surface area contributed by atoms with Crippen molar-refractivity contribution in [3.8, 4) is 0 Å². The predicted octanol–water partition coefficient (Wildman–Crippen LogP) is 0.156. The highest BCUT2D eigenvalue weighted by Crippen LogP contribution is 1.92. The standard InChI is InChI=1S/C6H9N2Si/c1-2-3-5-4-7-6(9)8-5/h4H,2-3H2,1H3,(H,7,8). The summed E-state index contributed by atoms with van der Waals surface area (Å²) in [5.41, 5.74) is 2.01. The van der Waals surface area contributed by atoms with E-state index in [-0.39, 0.29) is 0 Å². The Kier molecular flexibility index (Phi) is 2.05. The quantitative estimate of drug-likeness (QED) is 0.578. The van der Waals surface area contributed by atoms with Gasteiger partial charge in [-0.3, -0.25) is 0 Å². The number of hydrogen-bond donors (Lipinski definition) is 1. The Morgan fingerprint density at radius 1 is 1.78 bits per heavy atom. The third-order valence-electron chi connectivity index (χ3n) is 1.15. The molecule has 0 unspecified atom stereocenters. The predicted molar refractivity (Wildman–Crippen MR) is 38.0 cm³/mol. The van der Waals surface area contributed by atoms with Crippen LogP contribution in [-0.2, 0) is 6.42 Å². The molecule has 0 spiro atoms. The zero-order chi connectivity index (χ0) is 6.69. The van der Waals surface area contributed by atoms with E-state index in [1.807, 2.05) is 6.20 Å². The van der Waals surface area contributed by atoms with Crippen LogP contribution in [0.5, 0.6) is 0 Å². The highest BCUT2D eigenvalue weighted by Gasteiger charge is 1.92. The molecule has 9 heavy (non-hydrogen) atoms. The molecule has 0 atom stereocenters. The number of rotatable bonds is 2. The van der Waals surface area contributed by atoms with Gasteiger partial charge in [-0.1, -0.05) is 13.3 Å². The molecular formula is C6H9N2Si. The number of hydrogen-bond acceptors (Lipinski definition) is 1. The first-order valence-electron chi connectivity index (χ1n) is 3.08. The van der Waals surface area contributed by atoms with Crippen LogP contribution in [-0.4, -0.2) is 20.2 Å². The van der Waals surface area contributed by atoms with E-state index in [0.29, 0.717) is 0 Å². The highest BCUT2D eigenvalue weighted by atomic mass is 28.1. The number of aromatic amines is 1. The van der Waals surface area contributed by atoms with Crippen molar-refractivity contribution in [3.05, 3.63) is 11.9 Å². The van der Waals surface area contributed by atoms with E-state index in [1.54, 1.807) is 0 Å². The summed E-state index contributed by atoms with van der Waals surface area (Å²) in [6.45, 7) is 2.15. The van der Waals surface area contributed by atoms with Crippen LogP contribution in [0.15, 0.2) is 6.20 Å². The maximum atomic E-state index is 3.99. The smallest absolute Gasteiger partial charge is 0.125 e. The molecule has 2 nitrogen and oxygen atoms in total. The largest absolute Gasteiger partial charge is 0.351 e. The van der Waals surface area contributed by atoms with Crippen molar-refractivity contribution in [1.82, 2.24) is 9.97 Å². The van der Waals surface area contributed by atoms with Gasteiger partial charge in [0.25, 0.3) is 0 Å². The van der Waals surface area contributed by atoms with Crippen molar-refractivity contribution < 1.29 is 0 Å². The van der Waals surface area contributed by atoms with Crippen LogP contribution in [0.3, 0.4) is 0 Å². The van der Waals surface area contributed by atoms with Crippen molar-refractivity contribution in [1.29, 1.82) is 0 Å². The lowest BCUT2D eigenvalue weighted by Crippen LogP contribution is -2.05. The fourth-order valence-corrected chi connectivity index (χ4v) is 0.981. The van der Waals surface area contributed by atoms with Gasteiger partial charge >= 0.3 is 0 Å². The van der Waals surface area contributed by atoms with Gasteiger partial charge in [-0.05, 0) is 6.42 Å². The lowest BCUT2D eigenvalue weighted by Gasteiger charge is -1.87. The first-order chi connectivity index (χ1) is 4.33. The summed E-state index contributed by atoms with van der Waals surface area (Å²) in [5.74, 6) is 0. The van der Waals surface area contributed by atoms with Gasteiger partial charge in [-0.25, -0.2) is 4.98 Å². The summed E-state index contributed by atoms with van der Waals surface area (Å²) in [6, 6.07) is 0. The van der Waals surface area contributed by atoms with Gasteiger partial charge < -0.3 is 4.98 Å². The molecule has 0 bridgehead atoms. The Balaban J connectivity index is 2.61. The minimum atomic E-state index is 0.818. The van der Waals surface area contributed by atoms with Gasteiger partial charge in [0.2, 0.25) is 0 Å². The third-order valence-corrected chi connectivity index (χ3v) is 1.40. The van der Waals surface area contributed by atoms with E-state index in [9.17, 15) is 0 Å². The normalized spacial score (nSPS) is 10.0. The zero-order valence-corrected chi connectivity index (χ0v) is 6.44. The molecule has 0 aliphatic heterocycles. The lowest BCUT2D eigenvalue weighted by atomic mass is 10.3. The molecule has 1 aromatic rings. The van der Waals surface area contributed by atoms with E-state index < -0.39 is 0 Å². The second-order valence-corrected chi connectivity index (χ2v) is 2.48. The van der Waals surface area contributed by atoms with Crippen molar-refractivity contribution in [2.24, 2.45) is 0 Å². The van der Waals surface area contributed by atoms with Crippen LogP contribution >= 0.6 is 0 Å². The fraction of sp³-hybridized carbons (Fsp3) is 0.500. The number of nitrogens with zero attached hydrogens (tertiary/aromatic N) is 1. The molecule has 47 valence electrons. The van der Waals surface area contributed by atoms with E-state index in [0.717, 1.165) is 18.3 Å². The lowest BCUT2D eigenvalue weighted by molar-refractivity contribution is 0.894. The number of aryl methyl sites for hydroxylation is 1. The molecule has 1 rings (SSSR count). The number of aromatic nitrogens is 2. The Morgan fingerprint density at radius 3 is 3.00 bits per heavy atom. The van der Waals surface area contributed by atoms with Gasteiger partial charge in [0, 0.05) is 11.9 Å². The second kappa shape index (κ2) is 2.82. The molecule has 0 saturated carbocycles. The van der Waals surface area contributed by atoms with Gasteiger partial charge in [-0.15, -0.1) is 0 Å². The number of imidazole rings is 1. The summed E-state index contributed by atoms with van der Waals surface area (Å²) in [4.78, 5) is 7.07. The fourth-order valence-electron chi connectivity index (χ4n) is 0.755. The average molecular weight is 137 g/mol. The van der Waals surface area contributed by atoms with Gasteiger partial charge in [0.1, 0.15) is 10.2 Å². The Bertz CT molecular complexity index is 183. The molecule has 0 saturated heterocycles. The Morgan fingerprint density at radius 2 is 2.56 bits per heavy atom. The Hall–Kier alpha value is -0.573. The minimum absolute atomic E-state index is 0.818. The van der Waals surface area contributed by atoms with Gasteiger partial charge in [-0.2, -0.15) is 0 Å². The van der Waals surface area contributed by atoms with Crippen LogP contribution in [0.4, 0.5) is 0 Å². The van der Waals surface area contributed by atoms with Gasteiger partial charge in [0.05, 0.1) is 5.45 Å². The van der Waals surface area contributed by atoms with Crippen molar-refractivity contribution in [2.45, 2.75) is 19.8 Å². The van der Waals surface area contributed by atoms with Crippen LogP contribution < -0.4 is 5.45 Å². The molecule has 3 heteroatoms. The molecule has 0 aliphatic carbocycles. The van der Waals surface area contributed by atoms with E-state index in [1.165, 1.54) is 5.69 Å². The molecule has 3 radical (unpaired) electrons. The van der Waals surface area contributed by atoms with Gasteiger partial charge in [0.15, 0.2) is 0 Å². The minimum Gasteiger partial charge on any atom is -0.351 e. The third kappa shape index (κ3) is 1.68. The topological polar surface area (TPSA) is 28.7 Å². The van der Waals surface area contributed by atoms with Crippen molar-refractivity contribution >= 4 is 15.7 Å². The highest BCUT2D eigenvalue weighted by molar-refractivity contribution is 6.29. The summed E-state index contributed by atoms with van der Waals surface area (Å²) in [6.07, 6.45) is 4.09. The van der Waals surface area contributed by atoms with Crippen LogP contribution in [0, 0.1) is 0 Å². The SMILES string of the molecule is CCCc1cnc([Si])[nH]1. The molecule has 0 amide bonds. The molecule has 1 heterocycles. The van der Waals surface area contributed by atoms with E-state index in [2.05, 4.69) is 27.1 Å². The maximum absolute atomic E-state index is 3.99. The van der Waals surface area contributed by atoms with Crippen LogP contribution in [0.25, 0.3) is 0 Å². The summed E-state index contributed by atoms with van der Waals surface area (Å²) < 4.78 is 0. The van der Waals surface area contributed by atoms with E-state index in [4.69, 9.17) is 0 Å². The number of H-pyrrole nitrogens is 1. The summed E-state index contributed by atoms with van der Waals surface area (Å²) in [5, 5.41) is 0. The second-order valence-electron chi connectivity index (χ2n) is 2.01. The molecule has 0 fully saturated rings. The first-order valence-corrected chi connectivity index (χ1v) is 3.58. The molecular weight excluding hydrogens is 128 g/mol. The zero-order valence-electron chi connectivity index (χ0n) is 5.44. The summed E-state index contributed by atoms with van der Waals surface area (Å²) >= 11 is 0. The average Bonchev–Trinajstić information content (AvgIpc) is 2.17. The molecule has 1 aromatic heterocycles. The van der Waals surface area contributed by atoms with E-state index >= 15 is 0 Å². The molecule has 0 aromatic carbocycles. The van der Waals surface area contributed by atoms with Crippen LogP contribution in [0.1, 0.15) is 19.0 Å². The maximum Gasteiger partial charge on any atom is 0.125 e. The summed E-state index contributed by atoms with van der Waals surface area (Å²) in [7, 11) is 3.28. The number of nitrogens with one attached hydrogen (secondary N) is 1. The molecule has 1 N–H and O–H groups in total. The van der Waals surface area contributed by atoms with Crippen molar-refractivity contribution in [2.75, 3.05) is 0 Å².